The summed E-state index contributed by atoms with van der Waals surface area (Å²) in [6, 6.07) is 7.71. The van der Waals surface area contributed by atoms with Crippen molar-refractivity contribution in [2.75, 3.05) is 40.4 Å². The second kappa shape index (κ2) is 9.70. The first-order valence-electron chi connectivity index (χ1n) is 11.2. The fourth-order valence-corrected chi connectivity index (χ4v) is 4.69. The topological polar surface area (TPSA) is 92.5 Å². The third-order valence-corrected chi connectivity index (χ3v) is 6.35. The molecule has 33 heavy (non-hydrogen) atoms. The van der Waals surface area contributed by atoms with Crippen LogP contribution in [0, 0.1) is 6.92 Å². The van der Waals surface area contributed by atoms with E-state index < -0.39 is 23.5 Å². The molecule has 1 unspecified atom stereocenters. The van der Waals surface area contributed by atoms with Crippen molar-refractivity contribution in [3.8, 4) is 11.5 Å². The SMILES string of the molecule is COc1cccc(C2C(C(=O)c3ccc(C)o3)=C(O)C(=O)N2CCN2CCCCC2)c1OC. The zero-order chi connectivity index (χ0) is 23.5. The minimum Gasteiger partial charge on any atom is -0.503 e. The maximum Gasteiger partial charge on any atom is 0.290 e. The molecule has 1 saturated heterocycles. The number of ether oxygens (including phenoxy) is 2. The van der Waals surface area contributed by atoms with Gasteiger partial charge in [-0.3, -0.25) is 9.59 Å². The number of likely N-dealkylation sites (tertiary alicyclic amines) is 1. The van der Waals surface area contributed by atoms with Crippen LogP contribution in [0.25, 0.3) is 0 Å². The van der Waals surface area contributed by atoms with E-state index in [9.17, 15) is 14.7 Å². The lowest BCUT2D eigenvalue weighted by molar-refractivity contribution is -0.129. The first-order valence-corrected chi connectivity index (χ1v) is 11.2. The Hall–Kier alpha value is -3.26. The van der Waals surface area contributed by atoms with Crippen molar-refractivity contribution >= 4 is 11.7 Å². The van der Waals surface area contributed by atoms with Crippen LogP contribution >= 0.6 is 0 Å². The number of aryl methyl sites for hydroxylation is 1. The molecule has 0 bridgehead atoms. The highest BCUT2D eigenvalue weighted by Crippen LogP contribution is 2.45. The molecule has 1 aromatic carbocycles. The number of piperidine rings is 1. The summed E-state index contributed by atoms with van der Waals surface area (Å²) in [5.41, 5.74) is 0.555. The van der Waals surface area contributed by atoms with Crippen molar-refractivity contribution in [1.29, 1.82) is 0 Å². The Morgan fingerprint density at radius 1 is 1.09 bits per heavy atom. The first kappa shape index (κ1) is 22.9. The molecule has 4 rings (SSSR count). The van der Waals surface area contributed by atoms with E-state index in [1.165, 1.54) is 20.6 Å². The van der Waals surface area contributed by atoms with E-state index in [2.05, 4.69) is 4.90 Å². The number of aliphatic hydroxyl groups excluding tert-OH is 1. The van der Waals surface area contributed by atoms with Crippen LogP contribution in [0.2, 0.25) is 0 Å². The lowest BCUT2D eigenvalue weighted by Crippen LogP contribution is -2.40. The quantitative estimate of drug-likeness (QED) is 0.609. The van der Waals surface area contributed by atoms with Gasteiger partial charge in [-0.2, -0.15) is 0 Å². The van der Waals surface area contributed by atoms with Crippen LogP contribution in [0.15, 0.2) is 46.1 Å². The molecule has 176 valence electrons. The van der Waals surface area contributed by atoms with Crippen molar-refractivity contribution in [2.45, 2.75) is 32.2 Å². The van der Waals surface area contributed by atoms with Crippen molar-refractivity contribution in [3.05, 3.63) is 58.7 Å². The van der Waals surface area contributed by atoms with Crippen LogP contribution in [0.5, 0.6) is 11.5 Å². The molecule has 1 N–H and O–H groups in total. The number of rotatable bonds is 8. The Morgan fingerprint density at radius 2 is 1.85 bits per heavy atom. The summed E-state index contributed by atoms with van der Waals surface area (Å²) < 4.78 is 16.6. The predicted octanol–water partition coefficient (Wildman–Crippen LogP) is 3.67. The number of para-hydroxylation sites is 1. The minimum absolute atomic E-state index is 0.0143. The highest BCUT2D eigenvalue weighted by Gasteiger charge is 2.45. The number of methoxy groups -OCH3 is 2. The molecule has 0 spiro atoms. The zero-order valence-corrected chi connectivity index (χ0v) is 19.3. The van der Waals surface area contributed by atoms with Crippen LogP contribution in [0.1, 0.15) is 47.2 Å². The number of furan rings is 1. The number of nitrogens with zero attached hydrogens (tertiary/aromatic N) is 2. The van der Waals surface area contributed by atoms with Gasteiger partial charge in [-0.05, 0) is 51.1 Å². The molecule has 8 nitrogen and oxygen atoms in total. The van der Waals surface area contributed by atoms with Crippen LogP contribution in [0.3, 0.4) is 0 Å². The summed E-state index contributed by atoms with van der Waals surface area (Å²) in [5, 5.41) is 10.9. The highest BCUT2D eigenvalue weighted by atomic mass is 16.5. The Morgan fingerprint density at radius 3 is 2.48 bits per heavy atom. The van der Waals surface area contributed by atoms with Gasteiger partial charge in [0.05, 0.1) is 25.8 Å². The predicted molar refractivity (Wildman–Crippen MR) is 122 cm³/mol. The number of benzene rings is 1. The van der Waals surface area contributed by atoms with Gasteiger partial charge in [0.15, 0.2) is 23.0 Å². The Labute approximate surface area is 193 Å². The van der Waals surface area contributed by atoms with E-state index >= 15 is 0 Å². The average Bonchev–Trinajstić information content (AvgIpc) is 3.38. The minimum atomic E-state index is -0.828. The number of aliphatic hydroxyl groups is 1. The monoisotopic (exact) mass is 454 g/mol. The summed E-state index contributed by atoms with van der Waals surface area (Å²) in [7, 11) is 3.04. The molecule has 0 saturated carbocycles. The molecule has 1 amide bonds. The molecule has 1 fully saturated rings. The van der Waals surface area contributed by atoms with Crippen LogP contribution < -0.4 is 9.47 Å². The number of carbonyl (C=O) groups excluding carboxylic acids is 2. The van der Waals surface area contributed by atoms with Crippen molar-refractivity contribution in [2.24, 2.45) is 0 Å². The van der Waals surface area contributed by atoms with Crippen molar-refractivity contribution in [1.82, 2.24) is 9.80 Å². The van der Waals surface area contributed by atoms with Crippen molar-refractivity contribution < 1.29 is 28.6 Å². The number of Topliss-reactive ketones (excluding diaryl/α,β-unsaturated/α-hetero) is 1. The smallest absolute Gasteiger partial charge is 0.290 e. The molecular formula is C25H30N2O6. The van der Waals surface area contributed by atoms with E-state index in [0.29, 0.717) is 35.9 Å². The molecule has 2 aliphatic rings. The van der Waals surface area contributed by atoms with Crippen LogP contribution in [-0.4, -0.2) is 67.0 Å². The molecule has 3 heterocycles. The summed E-state index contributed by atoms with van der Waals surface area (Å²) in [6.07, 6.45) is 3.48. The van der Waals surface area contributed by atoms with E-state index in [4.69, 9.17) is 13.9 Å². The molecule has 2 aromatic rings. The van der Waals surface area contributed by atoms with Gasteiger partial charge < -0.3 is 28.8 Å². The van der Waals surface area contributed by atoms with Crippen molar-refractivity contribution in [3.63, 3.8) is 0 Å². The van der Waals surface area contributed by atoms with Gasteiger partial charge >= 0.3 is 0 Å². The lowest BCUT2D eigenvalue weighted by Gasteiger charge is -2.32. The third-order valence-electron chi connectivity index (χ3n) is 6.35. The first-order chi connectivity index (χ1) is 16.0. The summed E-state index contributed by atoms with van der Waals surface area (Å²) in [4.78, 5) is 30.5. The summed E-state index contributed by atoms with van der Waals surface area (Å²) in [5.74, 6) is -0.117. The Bertz CT molecular complexity index is 1070. The highest BCUT2D eigenvalue weighted by molar-refractivity contribution is 6.15. The largest absolute Gasteiger partial charge is 0.503 e. The lowest BCUT2D eigenvalue weighted by atomic mass is 9.94. The number of amides is 1. The molecule has 1 atom stereocenters. The molecule has 1 aromatic heterocycles. The van der Waals surface area contributed by atoms with Gasteiger partial charge in [0.25, 0.3) is 5.91 Å². The number of carbonyl (C=O) groups is 2. The molecular weight excluding hydrogens is 424 g/mol. The average molecular weight is 455 g/mol. The molecule has 2 aliphatic heterocycles. The van der Waals surface area contributed by atoms with Gasteiger partial charge in [-0.15, -0.1) is 0 Å². The van der Waals surface area contributed by atoms with E-state index in [1.807, 2.05) is 0 Å². The maximum atomic E-state index is 13.4. The van der Waals surface area contributed by atoms with E-state index in [-0.39, 0.29) is 11.3 Å². The third kappa shape index (κ3) is 4.35. The normalized spacial score (nSPS) is 19.3. The molecule has 0 aliphatic carbocycles. The van der Waals surface area contributed by atoms with Gasteiger partial charge in [-0.1, -0.05) is 18.6 Å². The van der Waals surface area contributed by atoms with Gasteiger partial charge in [0.2, 0.25) is 5.78 Å². The number of hydrogen-bond acceptors (Lipinski definition) is 7. The van der Waals surface area contributed by atoms with Gasteiger partial charge in [-0.25, -0.2) is 0 Å². The summed E-state index contributed by atoms with van der Waals surface area (Å²) >= 11 is 0. The van der Waals surface area contributed by atoms with Crippen LogP contribution in [-0.2, 0) is 4.79 Å². The Balaban J connectivity index is 1.76. The van der Waals surface area contributed by atoms with Gasteiger partial charge in [0.1, 0.15) is 5.76 Å². The maximum absolute atomic E-state index is 13.4. The number of hydrogen-bond donors (Lipinski definition) is 1. The van der Waals surface area contributed by atoms with E-state index in [0.717, 1.165) is 25.9 Å². The number of ketones is 1. The van der Waals surface area contributed by atoms with Gasteiger partial charge in [0, 0.05) is 18.7 Å². The second-order valence-electron chi connectivity index (χ2n) is 8.39. The van der Waals surface area contributed by atoms with E-state index in [1.54, 1.807) is 42.2 Å². The molecule has 8 heteroatoms. The zero-order valence-electron chi connectivity index (χ0n) is 19.3. The standard InChI is InChI=1S/C25H30N2O6/c1-16-10-11-18(33-16)22(28)20-21(17-8-7-9-19(31-2)24(17)32-3)27(25(30)23(20)29)15-14-26-12-5-4-6-13-26/h7-11,21,29H,4-6,12-15H2,1-3H3. The summed E-state index contributed by atoms with van der Waals surface area (Å²) in [6.45, 7) is 4.71. The van der Waals surface area contributed by atoms with Crippen LogP contribution in [0.4, 0.5) is 0 Å². The fraction of sp³-hybridized carbons (Fsp3) is 0.440. The Kier molecular flexibility index (Phi) is 6.74. The second-order valence-corrected chi connectivity index (χ2v) is 8.39. The molecule has 0 radical (unpaired) electrons. The fourth-order valence-electron chi connectivity index (χ4n) is 4.69.